The highest BCUT2D eigenvalue weighted by Gasteiger charge is 2.36. The van der Waals surface area contributed by atoms with Gasteiger partial charge in [-0.3, -0.25) is 14.4 Å². The molecule has 0 aliphatic carbocycles. The van der Waals surface area contributed by atoms with Gasteiger partial charge in [0.25, 0.3) is 11.5 Å². The van der Waals surface area contributed by atoms with Crippen LogP contribution in [-0.4, -0.2) is 34.3 Å². The standard InChI is InChI=1S/C19H18F3N3O3/c1-11-6-14(17(27)23-8-11)18(28)24-13-7-16(26)25(10-13)9-12-4-2-3-5-15(12)19(20,21)22/h2-6,8,13H,7,9-10H2,1H3,(H,23,27)(H,24,28). The van der Waals surface area contributed by atoms with Gasteiger partial charge in [0.2, 0.25) is 5.91 Å². The lowest BCUT2D eigenvalue weighted by atomic mass is 10.1. The van der Waals surface area contributed by atoms with Crippen LogP contribution < -0.4 is 10.9 Å². The highest BCUT2D eigenvalue weighted by Crippen LogP contribution is 2.32. The monoisotopic (exact) mass is 393 g/mol. The molecule has 1 fully saturated rings. The molecule has 2 amide bonds. The first-order chi connectivity index (χ1) is 13.1. The van der Waals surface area contributed by atoms with Crippen LogP contribution in [0.1, 0.15) is 33.5 Å². The quantitative estimate of drug-likeness (QED) is 0.836. The number of aromatic nitrogens is 1. The van der Waals surface area contributed by atoms with Gasteiger partial charge in [0.05, 0.1) is 11.6 Å². The molecule has 148 valence electrons. The predicted molar refractivity (Wildman–Crippen MR) is 94.5 cm³/mol. The minimum Gasteiger partial charge on any atom is -0.347 e. The molecule has 6 nitrogen and oxygen atoms in total. The number of likely N-dealkylation sites (tertiary alicyclic amines) is 1. The summed E-state index contributed by atoms with van der Waals surface area (Å²) in [6, 6.07) is 5.92. The Balaban J connectivity index is 1.70. The number of alkyl halides is 3. The number of hydrogen-bond acceptors (Lipinski definition) is 3. The Kier molecular flexibility index (Phi) is 5.26. The normalized spacial score (nSPS) is 17.1. The van der Waals surface area contributed by atoms with Crippen molar-refractivity contribution in [1.82, 2.24) is 15.2 Å². The second-order valence-electron chi connectivity index (χ2n) is 6.72. The fourth-order valence-electron chi connectivity index (χ4n) is 3.19. The van der Waals surface area contributed by atoms with E-state index in [0.717, 1.165) is 6.07 Å². The van der Waals surface area contributed by atoms with Gasteiger partial charge in [0.15, 0.2) is 0 Å². The molecule has 1 aliphatic rings. The van der Waals surface area contributed by atoms with Crippen LogP contribution in [0, 0.1) is 6.92 Å². The Morgan fingerprint density at radius 3 is 2.71 bits per heavy atom. The molecule has 9 heteroatoms. The van der Waals surface area contributed by atoms with E-state index in [9.17, 15) is 27.6 Å². The fourth-order valence-corrected chi connectivity index (χ4v) is 3.19. The molecule has 1 aliphatic heterocycles. The van der Waals surface area contributed by atoms with E-state index in [2.05, 4.69) is 10.3 Å². The van der Waals surface area contributed by atoms with E-state index in [0.29, 0.717) is 5.56 Å². The summed E-state index contributed by atoms with van der Waals surface area (Å²) in [5, 5.41) is 2.61. The molecule has 3 rings (SSSR count). The Morgan fingerprint density at radius 1 is 1.29 bits per heavy atom. The van der Waals surface area contributed by atoms with Crippen molar-refractivity contribution >= 4 is 11.8 Å². The molecule has 2 N–H and O–H groups in total. The molecule has 0 spiro atoms. The second-order valence-corrected chi connectivity index (χ2v) is 6.72. The topological polar surface area (TPSA) is 82.3 Å². The Labute approximate surface area is 158 Å². The minimum atomic E-state index is -4.51. The maximum absolute atomic E-state index is 13.1. The summed E-state index contributed by atoms with van der Waals surface area (Å²) in [5.74, 6) is -0.985. The first kappa shape index (κ1) is 19.7. The maximum Gasteiger partial charge on any atom is 0.416 e. The third-order valence-corrected chi connectivity index (χ3v) is 4.53. The summed E-state index contributed by atoms with van der Waals surface area (Å²) in [6.45, 7) is 1.58. The number of pyridine rings is 1. The number of nitrogens with one attached hydrogen (secondary N) is 2. The van der Waals surface area contributed by atoms with Gasteiger partial charge in [-0.1, -0.05) is 18.2 Å². The number of aryl methyl sites for hydroxylation is 1. The predicted octanol–water partition coefficient (Wildman–Crippen LogP) is 2.23. The molecule has 2 aromatic rings. The molecule has 1 atom stereocenters. The smallest absolute Gasteiger partial charge is 0.347 e. The average Bonchev–Trinajstić information content (AvgIpc) is 2.95. The summed E-state index contributed by atoms with van der Waals surface area (Å²) >= 11 is 0. The first-order valence-corrected chi connectivity index (χ1v) is 8.58. The molecule has 28 heavy (non-hydrogen) atoms. The lowest BCUT2D eigenvalue weighted by Crippen LogP contribution is -2.39. The zero-order chi connectivity index (χ0) is 20.5. The van der Waals surface area contributed by atoms with E-state index < -0.39 is 29.2 Å². The molecule has 0 saturated carbocycles. The van der Waals surface area contributed by atoms with Crippen molar-refractivity contribution in [3.63, 3.8) is 0 Å². The molecular formula is C19H18F3N3O3. The summed E-state index contributed by atoms with van der Waals surface area (Å²) in [5.41, 5.74) is -0.735. The number of H-pyrrole nitrogens is 1. The number of carbonyl (C=O) groups is 2. The number of nitrogens with zero attached hydrogens (tertiary/aromatic N) is 1. The molecule has 1 aromatic heterocycles. The van der Waals surface area contributed by atoms with Gasteiger partial charge < -0.3 is 15.2 Å². The van der Waals surface area contributed by atoms with Crippen LogP contribution in [0.2, 0.25) is 0 Å². The summed E-state index contributed by atoms with van der Waals surface area (Å²) < 4.78 is 39.4. The molecule has 1 aromatic carbocycles. The number of amides is 2. The molecule has 1 unspecified atom stereocenters. The summed E-state index contributed by atoms with van der Waals surface area (Å²) in [4.78, 5) is 40.0. The van der Waals surface area contributed by atoms with Gasteiger partial charge in [-0.05, 0) is 30.2 Å². The van der Waals surface area contributed by atoms with Gasteiger partial charge >= 0.3 is 6.18 Å². The molecule has 0 bridgehead atoms. The lowest BCUT2D eigenvalue weighted by Gasteiger charge is -2.20. The van der Waals surface area contributed by atoms with Gasteiger partial charge in [-0.25, -0.2) is 0 Å². The van der Waals surface area contributed by atoms with E-state index in [4.69, 9.17) is 0 Å². The van der Waals surface area contributed by atoms with Crippen molar-refractivity contribution in [1.29, 1.82) is 0 Å². The van der Waals surface area contributed by atoms with E-state index in [1.165, 1.54) is 35.4 Å². The van der Waals surface area contributed by atoms with E-state index >= 15 is 0 Å². The van der Waals surface area contributed by atoms with Crippen molar-refractivity contribution in [3.05, 3.63) is 69.1 Å². The van der Waals surface area contributed by atoms with Crippen LogP contribution in [-0.2, 0) is 17.5 Å². The lowest BCUT2D eigenvalue weighted by molar-refractivity contribution is -0.139. The van der Waals surface area contributed by atoms with Crippen LogP contribution in [0.25, 0.3) is 0 Å². The zero-order valence-electron chi connectivity index (χ0n) is 15.0. The molecule has 0 radical (unpaired) electrons. The van der Waals surface area contributed by atoms with E-state index in [1.807, 2.05) is 0 Å². The van der Waals surface area contributed by atoms with Gasteiger partial charge in [-0.2, -0.15) is 13.2 Å². The Morgan fingerprint density at radius 2 is 2.00 bits per heavy atom. The second kappa shape index (κ2) is 7.49. The van der Waals surface area contributed by atoms with E-state index in [1.54, 1.807) is 6.92 Å². The highest BCUT2D eigenvalue weighted by molar-refractivity contribution is 5.94. The van der Waals surface area contributed by atoms with Gasteiger partial charge in [-0.15, -0.1) is 0 Å². The Hall–Kier alpha value is -3.10. The average molecular weight is 393 g/mol. The largest absolute Gasteiger partial charge is 0.416 e. The Bertz CT molecular complexity index is 969. The van der Waals surface area contributed by atoms with E-state index in [-0.39, 0.29) is 36.5 Å². The van der Waals surface area contributed by atoms with Crippen LogP contribution in [0.4, 0.5) is 13.2 Å². The van der Waals surface area contributed by atoms with Gasteiger partial charge in [0.1, 0.15) is 5.56 Å². The fraction of sp³-hybridized carbons (Fsp3) is 0.316. The number of halogens is 3. The third-order valence-electron chi connectivity index (χ3n) is 4.53. The highest BCUT2D eigenvalue weighted by atomic mass is 19.4. The van der Waals surface area contributed by atoms with Gasteiger partial charge in [0, 0.05) is 25.7 Å². The van der Waals surface area contributed by atoms with Crippen molar-refractivity contribution in [3.8, 4) is 0 Å². The zero-order valence-corrected chi connectivity index (χ0v) is 15.0. The molecular weight excluding hydrogens is 375 g/mol. The third kappa shape index (κ3) is 4.24. The maximum atomic E-state index is 13.1. The number of carbonyl (C=O) groups excluding carboxylic acids is 2. The summed E-state index contributed by atoms with van der Waals surface area (Å²) in [6.07, 6.45) is -3.08. The van der Waals surface area contributed by atoms with Crippen LogP contribution in [0.3, 0.4) is 0 Å². The number of aromatic amines is 1. The van der Waals surface area contributed by atoms with Crippen LogP contribution >= 0.6 is 0 Å². The summed E-state index contributed by atoms with van der Waals surface area (Å²) in [7, 11) is 0. The SMILES string of the molecule is Cc1c[nH]c(=O)c(C(=O)NC2CC(=O)N(Cc3ccccc3C(F)(F)F)C2)c1. The number of rotatable bonds is 4. The number of hydrogen-bond donors (Lipinski definition) is 2. The van der Waals surface area contributed by atoms with Crippen molar-refractivity contribution in [2.24, 2.45) is 0 Å². The first-order valence-electron chi connectivity index (χ1n) is 8.58. The van der Waals surface area contributed by atoms with Crippen LogP contribution in [0.15, 0.2) is 41.3 Å². The minimum absolute atomic E-state index is 0.00884. The van der Waals surface area contributed by atoms with Crippen molar-refractivity contribution in [2.75, 3.05) is 6.54 Å². The number of benzene rings is 1. The van der Waals surface area contributed by atoms with Crippen molar-refractivity contribution in [2.45, 2.75) is 32.1 Å². The van der Waals surface area contributed by atoms with Crippen LogP contribution in [0.5, 0.6) is 0 Å². The molecule has 1 saturated heterocycles. The van der Waals surface area contributed by atoms with Crippen molar-refractivity contribution < 1.29 is 22.8 Å². The molecule has 2 heterocycles.